The molecular formula is C19H30IN5. The van der Waals surface area contributed by atoms with Crippen molar-refractivity contribution >= 4 is 29.9 Å². The molecule has 1 aromatic carbocycles. The van der Waals surface area contributed by atoms with Crippen LogP contribution in [0.4, 0.5) is 0 Å². The maximum atomic E-state index is 5.90. The number of nitrogens with zero attached hydrogens (tertiary/aromatic N) is 3. The average molecular weight is 455 g/mol. The van der Waals surface area contributed by atoms with Gasteiger partial charge in [-0.2, -0.15) is 0 Å². The number of hydrogen-bond donors (Lipinski definition) is 2. The van der Waals surface area contributed by atoms with Crippen molar-refractivity contribution in [3.63, 3.8) is 0 Å². The van der Waals surface area contributed by atoms with Gasteiger partial charge in [0.2, 0.25) is 0 Å². The van der Waals surface area contributed by atoms with E-state index >= 15 is 0 Å². The summed E-state index contributed by atoms with van der Waals surface area (Å²) in [5.41, 5.74) is 7.18. The number of aromatic nitrogens is 2. The van der Waals surface area contributed by atoms with E-state index < -0.39 is 0 Å². The van der Waals surface area contributed by atoms with Crippen molar-refractivity contribution in [1.82, 2.24) is 14.9 Å². The minimum Gasteiger partial charge on any atom is -0.370 e. The van der Waals surface area contributed by atoms with E-state index in [0.717, 1.165) is 38.3 Å². The molecule has 3 N–H and O–H groups in total. The molecule has 5 nitrogen and oxygen atoms in total. The summed E-state index contributed by atoms with van der Waals surface area (Å²) in [5, 5.41) is 3.18. The molecular weight excluding hydrogens is 425 g/mol. The van der Waals surface area contributed by atoms with Crippen molar-refractivity contribution in [2.75, 3.05) is 13.1 Å². The lowest BCUT2D eigenvalue weighted by molar-refractivity contribution is 0.671. The van der Waals surface area contributed by atoms with Crippen LogP contribution in [0, 0.1) is 0 Å². The number of unbranched alkanes of at least 4 members (excludes halogenated alkanes) is 3. The number of benzene rings is 1. The minimum atomic E-state index is 0. The van der Waals surface area contributed by atoms with Crippen LogP contribution in [0.15, 0.2) is 47.7 Å². The predicted octanol–water partition coefficient (Wildman–Crippen LogP) is 3.58. The fourth-order valence-corrected chi connectivity index (χ4v) is 2.59. The van der Waals surface area contributed by atoms with Gasteiger partial charge in [-0.15, -0.1) is 24.0 Å². The maximum Gasteiger partial charge on any atom is 0.188 e. The van der Waals surface area contributed by atoms with Gasteiger partial charge in [-0.05, 0) is 12.0 Å². The Morgan fingerprint density at radius 1 is 1.20 bits per heavy atom. The zero-order valence-electron chi connectivity index (χ0n) is 15.0. The number of halogens is 1. The topological polar surface area (TPSA) is 68.2 Å². The van der Waals surface area contributed by atoms with Gasteiger partial charge < -0.3 is 15.6 Å². The van der Waals surface area contributed by atoms with Crippen molar-refractivity contribution in [3.05, 3.63) is 54.1 Å². The van der Waals surface area contributed by atoms with Crippen LogP contribution >= 0.6 is 24.0 Å². The third-order valence-corrected chi connectivity index (χ3v) is 3.95. The molecule has 0 aliphatic heterocycles. The lowest BCUT2D eigenvalue weighted by atomic mass is 10.2. The number of rotatable bonds is 10. The molecule has 0 radical (unpaired) electrons. The van der Waals surface area contributed by atoms with Crippen LogP contribution in [0.25, 0.3) is 0 Å². The Hall–Kier alpha value is -1.57. The van der Waals surface area contributed by atoms with Gasteiger partial charge in [0, 0.05) is 38.4 Å². The quantitative estimate of drug-likeness (QED) is 0.249. The molecule has 0 spiro atoms. The van der Waals surface area contributed by atoms with Crippen molar-refractivity contribution in [2.24, 2.45) is 10.7 Å². The zero-order valence-corrected chi connectivity index (χ0v) is 17.4. The highest BCUT2D eigenvalue weighted by molar-refractivity contribution is 14.0. The molecule has 0 atom stereocenters. The SMILES string of the molecule is CCCCCCN=C(N)NCCc1nccn1Cc1ccccc1.I. The van der Waals surface area contributed by atoms with E-state index in [2.05, 4.69) is 51.0 Å². The highest BCUT2D eigenvalue weighted by Gasteiger charge is 2.03. The summed E-state index contributed by atoms with van der Waals surface area (Å²) in [4.78, 5) is 8.81. The molecule has 2 rings (SSSR count). The van der Waals surface area contributed by atoms with Gasteiger partial charge in [0.05, 0.1) is 0 Å². The second-order valence-corrected chi connectivity index (χ2v) is 5.96. The highest BCUT2D eigenvalue weighted by atomic mass is 127. The van der Waals surface area contributed by atoms with Gasteiger partial charge in [-0.3, -0.25) is 4.99 Å². The van der Waals surface area contributed by atoms with Gasteiger partial charge >= 0.3 is 0 Å². The molecule has 138 valence electrons. The fourth-order valence-electron chi connectivity index (χ4n) is 2.59. The first kappa shape index (κ1) is 21.5. The van der Waals surface area contributed by atoms with Crippen LogP contribution < -0.4 is 11.1 Å². The van der Waals surface area contributed by atoms with Crippen molar-refractivity contribution < 1.29 is 0 Å². The van der Waals surface area contributed by atoms with Crippen LogP contribution in [0.5, 0.6) is 0 Å². The van der Waals surface area contributed by atoms with Gasteiger partial charge in [0.15, 0.2) is 5.96 Å². The Morgan fingerprint density at radius 3 is 2.76 bits per heavy atom. The van der Waals surface area contributed by atoms with Crippen molar-refractivity contribution in [2.45, 2.75) is 45.6 Å². The van der Waals surface area contributed by atoms with Crippen LogP contribution in [0.3, 0.4) is 0 Å². The van der Waals surface area contributed by atoms with Gasteiger partial charge in [-0.1, -0.05) is 56.5 Å². The normalized spacial score (nSPS) is 11.2. The van der Waals surface area contributed by atoms with Crippen LogP contribution in [-0.2, 0) is 13.0 Å². The summed E-state index contributed by atoms with van der Waals surface area (Å²) in [5.74, 6) is 1.59. The molecule has 1 heterocycles. The van der Waals surface area contributed by atoms with E-state index in [1.54, 1.807) is 0 Å². The Kier molecular flexibility index (Phi) is 10.9. The second kappa shape index (κ2) is 12.7. The Morgan fingerprint density at radius 2 is 2.00 bits per heavy atom. The number of nitrogens with two attached hydrogens (primary N) is 1. The van der Waals surface area contributed by atoms with E-state index in [-0.39, 0.29) is 24.0 Å². The maximum absolute atomic E-state index is 5.90. The minimum absolute atomic E-state index is 0. The van der Waals surface area contributed by atoms with E-state index in [9.17, 15) is 0 Å². The standard InChI is InChI=1S/C19H29N5.HI/c1-2-3-4-8-12-22-19(20)23-13-11-18-21-14-15-24(18)16-17-9-6-5-7-10-17;/h5-7,9-10,14-15H,2-4,8,11-13,16H2,1H3,(H3,20,22,23);1H. The Balaban J connectivity index is 0.00000312. The third-order valence-electron chi connectivity index (χ3n) is 3.95. The van der Waals surface area contributed by atoms with E-state index in [4.69, 9.17) is 5.73 Å². The first-order chi connectivity index (χ1) is 11.8. The van der Waals surface area contributed by atoms with Crippen molar-refractivity contribution in [1.29, 1.82) is 0 Å². The fraction of sp³-hybridized carbons (Fsp3) is 0.474. The molecule has 2 aromatic rings. The molecule has 6 heteroatoms. The molecule has 0 saturated carbocycles. The highest BCUT2D eigenvalue weighted by Crippen LogP contribution is 2.05. The number of imidazole rings is 1. The summed E-state index contributed by atoms with van der Waals surface area (Å²) in [6.45, 7) is 4.61. The van der Waals surface area contributed by atoms with E-state index in [1.165, 1.54) is 24.8 Å². The van der Waals surface area contributed by atoms with Crippen molar-refractivity contribution in [3.8, 4) is 0 Å². The van der Waals surface area contributed by atoms with Gasteiger partial charge in [0.25, 0.3) is 0 Å². The summed E-state index contributed by atoms with van der Waals surface area (Å²) in [6, 6.07) is 10.4. The van der Waals surface area contributed by atoms with Gasteiger partial charge in [-0.25, -0.2) is 4.98 Å². The van der Waals surface area contributed by atoms with Crippen LogP contribution in [0.2, 0.25) is 0 Å². The lowest BCUT2D eigenvalue weighted by Crippen LogP contribution is -2.33. The monoisotopic (exact) mass is 455 g/mol. The largest absolute Gasteiger partial charge is 0.370 e. The summed E-state index contributed by atoms with van der Waals surface area (Å²) in [6.07, 6.45) is 9.55. The number of aliphatic imine (C=N–C) groups is 1. The van der Waals surface area contributed by atoms with Gasteiger partial charge in [0.1, 0.15) is 5.82 Å². The van der Waals surface area contributed by atoms with E-state index in [1.807, 2.05) is 18.5 Å². The molecule has 0 unspecified atom stereocenters. The summed E-state index contributed by atoms with van der Waals surface area (Å²) >= 11 is 0. The molecule has 0 saturated heterocycles. The number of hydrogen-bond acceptors (Lipinski definition) is 2. The Bertz CT molecular complexity index is 609. The van der Waals surface area contributed by atoms with Crippen LogP contribution in [-0.4, -0.2) is 28.6 Å². The number of guanidine groups is 1. The lowest BCUT2D eigenvalue weighted by Gasteiger charge is -2.09. The van der Waals surface area contributed by atoms with Crippen LogP contribution in [0.1, 0.15) is 44.0 Å². The molecule has 0 aliphatic rings. The molecule has 0 amide bonds. The first-order valence-corrected chi connectivity index (χ1v) is 8.87. The summed E-state index contributed by atoms with van der Waals surface area (Å²) in [7, 11) is 0. The zero-order chi connectivity index (χ0) is 17.0. The molecule has 1 aromatic heterocycles. The molecule has 0 fully saturated rings. The molecule has 0 aliphatic carbocycles. The van der Waals surface area contributed by atoms with E-state index in [0.29, 0.717) is 5.96 Å². The third kappa shape index (κ3) is 8.38. The first-order valence-electron chi connectivity index (χ1n) is 8.87. The molecule has 0 bridgehead atoms. The molecule has 25 heavy (non-hydrogen) atoms. The number of nitrogens with one attached hydrogen (secondary N) is 1. The summed E-state index contributed by atoms with van der Waals surface area (Å²) < 4.78 is 2.18. The second-order valence-electron chi connectivity index (χ2n) is 5.96. The Labute approximate surface area is 168 Å². The average Bonchev–Trinajstić information content (AvgIpc) is 3.03. The smallest absolute Gasteiger partial charge is 0.188 e. The predicted molar refractivity (Wildman–Crippen MR) is 116 cm³/mol.